The summed E-state index contributed by atoms with van der Waals surface area (Å²) in [6.45, 7) is 5.76. The van der Waals surface area contributed by atoms with E-state index in [1.165, 1.54) is 11.1 Å². The summed E-state index contributed by atoms with van der Waals surface area (Å²) in [5.41, 5.74) is 8.41. The van der Waals surface area contributed by atoms with Gasteiger partial charge in [-0.1, -0.05) is 28.1 Å². The zero-order chi connectivity index (χ0) is 9.84. The van der Waals surface area contributed by atoms with Gasteiger partial charge in [0.2, 0.25) is 0 Å². The monoisotopic (exact) mass is 239 g/mol. The number of aryl methyl sites for hydroxylation is 1. The summed E-state index contributed by atoms with van der Waals surface area (Å²) in [5.74, 6) is 0. The van der Waals surface area contributed by atoms with Crippen LogP contribution in [0.25, 0.3) is 0 Å². The van der Waals surface area contributed by atoms with Crippen LogP contribution in [0.5, 0.6) is 0 Å². The van der Waals surface area contributed by atoms with Crippen molar-refractivity contribution in [2.45, 2.75) is 19.4 Å². The van der Waals surface area contributed by atoms with Crippen LogP contribution in [0, 0.1) is 6.92 Å². The van der Waals surface area contributed by atoms with E-state index in [1.54, 1.807) is 0 Å². The molecular formula is C11H14BrN. The Bertz CT molecular complexity index is 307. The molecule has 13 heavy (non-hydrogen) atoms. The Labute approximate surface area is 87.8 Å². The van der Waals surface area contributed by atoms with Gasteiger partial charge in [0.1, 0.15) is 0 Å². The first-order chi connectivity index (χ1) is 6.15. The maximum atomic E-state index is 5.98. The standard InChI is InChI=1S/C11H14BrN/c1-3-4-11(13)10-7-9(12)6-5-8(10)2/h3,5-7,11H,1,4,13H2,2H3/t11-/m1/s1. The third kappa shape index (κ3) is 2.68. The quantitative estimate of drug-likeness (QED) is 0.805. The maximum Gasteiger partial charge on any atom is 0.0332 e. The molecule has 0 saturated carbocycles. The average molecular weight is 240 g/mol. The van der Waals surface area contributed by atoms with E-state index in [4.69, 9.17) is 5.73 Å². The second-order valence-electron chi connectivity index (χ2n) is 3.13. The highest BCUT2D eigenvalue weighted by Gasteiger charge is 2.06. The van der Waals surface area contributed by atoms with E-state index in [-0.39, 0.29) is 6.04 Å². The van der Waals surface area contributed by atoms with Gasteiger partial charge in [-0.3, -0.25) is 0 Å². The van der Waals surface area contributed by atoms with Crippen LogP contribution in [0.2, 0.25) is 0 Å². The van der Waals surface area contributed by atoms with Crippen LogP contribution in [0.15, 0.2) is 35.3 Å². The van der Waals surface area contributed by atoms with Crippen molar-refractivity contribution in [3.8, 4) is 0 Å². The normalized spacial score (nSPS) is 12.5. The van der Waals surface area contributed by atoms with Gasteiger partial charge in [0, 0.05) is 10.5 Å². The van der Waals surface area contributed by atoms with Crippen molar-refractivity contribution in [2.75, 3.05) is 0 Å². The van der Waals surface area contributed by atoms with Crippen molar-refractivity contribution < 1.29 is 0 Å². The highest BCUT2D eigenvalue weighted by molar-refractivity contribution is 9.10. The maximum absolute atomic E-state index is 5.98. The van der Waals surface area contributed by atoms with Gasteiger partial charge in [-0.25, -0.2) is 0 Å². The van der Waals surface area contributed by atoms with Gasteiger partial charge in [-0.2, -0.15) is 0 Å². The fourth-order valence-corrected chi connectivity index (χ4v) is 1.70. The van der Waals surface area contributed by atoms with E-state index in [9.17, 15) is 0 Å². The zero-order valence-corrected chi connectivity index (χ0v) is 9.34. The van der Waals surface area contributed by atoms with Crippen LogP contribution in [0.1, 0.15) is 23.6 Å². The van der Waals surface area contributed by atoms with Crippen LogP contribution in [0.3, 0.4) is 0 Å². The summed E-state index contributed by atoms with van der Waals surface area (Å²) in [4.78, 5) is 0. The molecule has 1 rings (SSSR count). The first-order valence-corrected chi connectivity index (χ1v) is 5.07. The van der Waals surface area contributed by atoms with Crippen LogP contribution in [-0.4, -0.2) is 0 Å². The molecule has 0 amide bonds. The molecular weight excluding hydrogens is 226 g/mol. The number of hydrogen-bond donors (Lipinski definition) is 1. The van der Waals surface area contributed by atoms with Gasteiger partial charge in [0.05, 0.1) is 0 Å². The molecule has 0 unspecified atom stereocenters. The second-order valence-corrected chi connectivity index (χ2v) is 4.05. The molecule has 0 aliphatic heterocycles. The molecule has 1 atom stereocenters. The van der Waals surface area contributed by atoms with E-state index in [0.717, 1.165) is 10.9 Å². The van der Waals surface area contributed by atoms with E-state index in [1.807, 2.05) is 12.1 Å². The Kier molecular flexibility index (Phi) is 3.70. The number of nitrogens with two attached hydrogens (primary N) is 1. The largest absolute Gasteiger partial charge is 0.324 e. The SMILES string of the molecule is C=CC[C@@H](N)c1cc(Br)ccc1C. The molecule has 2 heteroatoms. The third-order valence-electron chi connectivity index (χ3n) is 2.06. The Morgan fingerprint density at radius 1 is 1.62 bits per heavy atom. The van der Waals surface area contributed by atoms with Gasteiger partial charge >= 0.3 is 0 Å². The van der Waals surface area contributed by atoms with Crippen LogP contribution in [0.4, 0.5) is 0 Å². The lowest BCUT2D eigenvalue weighted by molar-refractivity contribution is 0.735. The van der Waals surface area contributed by atoms with Crippen molar-refractivity contribution in [3.63, 3.8) is 0 Å². The molecule has 0 spiro atoms. The minimum atomic E-state index is 0.0648. The smallest absolute Gasteiger partial charge is 0.0332 e. The molecule has 2 N–H and O–H groups in total. The molecule has 0 aliphatic carbocycles. The zero-order valence-electron chi connectivity index (χ0n) is 7.76. The van der Waals surface area contributed by atoms with E-state index >= 15 is 0 Å². The van der Waals surface area contributed by atoms with Gasteiger partial charge < -0.3 is 5.73 Å². The van der Waals surface area contributed by atoms with Crippen molar-refractivity contribution >= 4 is 15.9 Å². The summed E-state index contributed by atoms with van der Waals surface area (Å²) in [5, 5.41) is 0. The van der Waals surface area contributed by atoms with Crippen molar-refractivity contribution in [2.24, 2.45) is 5.73 Å². The lowest BCUT2D eigenvalue weighted by Crippen LogP contribution is -2.10. The first kappa shape index (κ1) is 10.5. The van der Waals surface area contributed by atoms with E-state index in [2.05, 4.69) is 41.6 Å². The number of rotatable bonds is 3. The van der Waals surface area contributed by atoms with Gasteiger partial charge in [-0.15, -0.1) is 6.58 Å². The Hall–Kier alpha value is -0.600. The Morgan fingerprint density at radius 3 is 2.92 bits per heavy atom. The molecule has 0 heterocycles. The summed E-state index contributed by atoms with van der Waals surface area (Å²) in [6, 6.07) is 6.24. The summed E-state index contributed by atoms with van der Waals surface area (Å²) in [7, 11) is 0. The molecule has 1 nitrogen and oxygen atoms in total. The fraction of sp³-hybridized carbons (Fsp3) is 0.273. The van der Waals surface area contributed by atoms with Gasteiger partial charge in [-0.05, 0) is 36.6 Å². The average Bonchev–Trinajstić information content (AvgIpc) is 2.09. The molecule has 0 fully saturated rings. The predicted octanol–water partition coefficient (Wildman–Crippen LogP) is 3.33. The van der Waals surface area contributed by atoms with Crippen molar-refractivity contribution in [1.82, 2.24) is 0 Å². The predicted molar refractivity (Wildman–Crippen MR) is 60.6 cm³/mol. The van der Waals surface area contributed by atoms with Crippen molar-refractivity contribution in [1.29, 1.82) is 0 Å². The molecule has 1 aromatic rings. The molecule has 0 aliphatic rings. The topological polar surface area (TPSA) is 26.0 Å². The van der Waals surface area contributed by atoms with Crippen LogP contribution >= 0.6 is 15.9 Å². The first-order valence-electron chi connectivity index (χ1n) is 4.27. The number of hydrogen-bond acceptors (Lipinski definition) is 1. The fourth-order valence-electron chi connectivity index (χ4n) is 1.32. The van der Waals surface area contributed by atoms with E-state index in [0.29, 0.717) is 0 Å². The van der Waals surface area contributed by atoms with Gasteiger partial charge in [0.15, 0.2) is 0 Å². The molecule has 0 saturated heterocycles. The molecule has 1 aromatic carbocycles. The van der Waals surface area contributed by atoms with Crippen LogP contribution < -0.4 is 5.73 Å². The molecule has 0 bridgehead atoms. The number of halogens is 1. The molecule has 0 aromatic heterocycles. The second kappa shape index (κ2) is 4.58. The lowest BCUT2D eigenvalue weighted by Gasteiger charge is -2.12. The highest BCUT2D eigenvalue weighted by atomic mass is 79.9. The van der Waals surface area contributed by atoms with Gasteiger partial charge in [0.25, 0.3) is 0 Å². The Morgan fingerprint density at radius 2 is 2.31 bits per heavy atom. The van der Waals surface area contributed by atoms with Crippen molar-refractivity contribution in [3.05, 3.63) is 46.5 Å². The summed E-state index contributed by atoms with van der Waals surface area (Å²) in [6.07, 6.45) is 2.67. The minimum Gasteiger partial charge on any atom is -0.324 e. The molecule has 0 radical (unpaired) electrons. The van der Waals surface area contributed by atoms with E-state index < -0.39 is 0 Å². The summed E-state index contributed by atoms with van der Waals surface area (Å²) < 4.78 is 1.08. The van der Waals surface area contributed by atoms with Crippen LogP contribution in [-0.2, 0) is 0 Å². The molecule has 70 valence electrons. The summed E-state index contributed by atoms with van der Waals surface area (Å²) >= 11 is 3.43. The Balaban J connectivity index is 2.97. The lowest BCUT2D eigenvalue weighted by atomic mass is 10.00. The third-order valence-corrected chi connectivity index (χ3v) is 2.55. The number of benzene rings is 1. The highest BCUT2D eigenvalue weighted by Crippen LogP contribution is 2.22. The minimum absolute atomic E-state index is 0.0648.